The number of amides is 1. The summed E-state index contributed by atoms with van der Waals surface area (Å²) >= 11 is 3.60. The number of halogens is 1. The first-order chi connectivity index (χ1) is 8.08. The van der Waals surface area contributed by atoms with E-state index in [1.54, 1.807) is 13.0 Å². The second-order valence-electron chi connectivity index (χ2n) is 4.55. The van der Waals surface area contributed by atoms with E-state index in [1.807, 2.05) is 6.92 Å². The lowest BCUT2D eigenvalue weighted by Gasteiger charge is -2.11. The van der Waals surface area contributed by atoms with Gasteiger partial charge in [-0.2, -0.15) is 10.2 Å². The quantitative estimate of drug-likeness (QED) is 0.865. The van der Waals surface area contributed by atoms with Crippen molar-refractivity contribution in [1.29, 1.82) is 0 Å². The van der Waals surface area contributed by atoms with Crippen molar-refractivity contribution in [2.24, 2.45) is 5.92 Å². The Kier molecular flexibility index (Phi) is 3.76. The van der Waals surface area contributed by atoms with E-state index in [1.165, 1.54) is 12.8 Å². The van der Waals surface area contributed by atoms with Gasteiger partial charge >= 0.3 is 0 Å². The normalized spacial score (nSPS) is 16.6. The van der Waals surface area contributed by atoms with Gasteiger partial charge in [0.25, 0.3) is 5.91 Å². The van der Waals surface area contributed by atoms with Crippen LogP contribution in [0.1, 0.15) is 34.6 Å². The maximum absolute atomic E-state index is 12.0. The minimum Gasteiger partial charge on any atom is -0.351 e. The zero-order valence-electron chi connectivity index (χ0n) is 10.0. The van der Waals surface area contributed by atoms with Gasteiger partial charge in [-0.25, -0.2) is 0 Å². The van der Waals surface area contributed by atoms with Crippen molar-refractivity contribution in [1.82, 2.24) is 15.5 Å². The van der Waals surface area contributed by atoms with Gasteiger partial charge in [0, 0.05) is 11.4 Å². The fourth-order valence-electron chi connectivity index (χ4n) is 1.69. The Bertz CT molecular complexity index is 432. The molecule has 1 aromatic rings. The molecule has 2 rings (SSSR count). The second-order valence-corrected chi connectivity index (χ2v) is 5.72. The Morgan fingerprint density at radius 3 is 2.88 bits per heavy atom. The summed E-state index contributed by atoms with van der Waals surface area (Å²) < 4.78 is 0. The van der Waals surface area contributed by atoms with E-state index in [4.69, 9.17) is 0 Å². The van der Waals surface area contributed by atoms with Crippen LogP contribution in [0.2, 0.25) is 0 Å². The lowest BCUT2D eigenvalue weighted by atomic mass is 10.2. The van der Waals surface area contributed by atoms with Gasteiger partial charge in [0.2, 0.25) is 0 Å². The maximum atomic E-state index is 12.0. The Hall–Kier alpha value is -0.970. The molecule has 0 aromatic carbocycles. The van der Waals surface area contributed by atoms with Gasteiger partial charge in [0.15, 0.2) is 0 Å². The first-order valence-corrected chi connectivity index (χ1v) is 6.72. The largest absolute Gasteiger partial charge is 0.351 e. The minimum absolute atomic E-state index is 0.0643. The van der Waals surface area contributed by atoms with Crippen LogP contribution in [-0.4, -0.2) is 27.5 Å². The van der Waals surface area contributed by atoms with Gasteiger partial charge in [0.1, 0.15) is 0 Å². The molecule has 1 atom stereocenters. The summed E-state index contributed by atoms with van der Waals surface area (Å²) in [5, 5.41) is 10.8. The average molecular weight is 298 g/mol. The van der Waals surface area contributed by atoms with Gasteiger partial charge in [0.05, 0.1) is 17.0 Å². The minimum atomic E-state index is -0.0643. The van der Waals surface area contributed by atoms with Crippen molar-refractivity contribution in [2.45, 2.75) is 31.5 Å². The number of carbonyl (C=O) groups is 1. The second kappa shape index (κ2) is 5.12. The summed E-state index contributed by atoms with van der Waals surface area (Å²) in [6.45, 7) is 4.30. The summed E-state index contributed by atoms with van der Waals surface area (Å²) in [5.41, 5.74) is 2.05. The van der Waals surface area contributed by atoms with Gasteiger partial charge < -0.3 is 5.32 Å². The van der Waals surface area contributed by atoms with Gasteiger partial charge in [-0.15, -0.1) is 0 Å². The number of aromatic nitrogens is 2. The molecule has 1 amide bonds. The molecular weight excluding hydrogens is 282 g/mol. The molecule has 5 heteroatoms. The van der Waals surface area contributed by atoms with E-state index >= 15 is 0 Å². The lowest BCUT2D eigenvalue weighted by Crippen LogP contribution is -2.31. The summed E-state index contributed by atoms with van der Waals surface area (Å²) in [6, 6.07) is 1.78. The molecule has 1 unspecified atom stereocenters. The van der Waals surface area contributed by atoms with Gasteiger partial charge in [-0.3, -0.25) is 4.79 Å². The predicted molar refractivity (Wildman–Crippen MR) is 69.3 cm³/mol. The molecule has 0 radical (unpaired) electrons. The van der Waals surface area contributed by atoms with Crippen LogP contribution in [0.25, 0.3) is 0 Å². The van der Waals surface area contributed by atoms with E-state index in [-0.39, 0.29) is 5.91 Å². The van der Waals surface area contributed by atoms with Crippen molar-refractivity contribution in [2.75, 3.05) is 6.54 Å². The van der Waals surface area contributed by atoms with Gasteiger partial charge in [-0.05, 0) is 38.7 Å². The summed E-state index contributed by atoms with van der Waals surface area (Å²) in [5.74, 6) is 0.666. The maximum Gasteiger partial charge on any atom is 0.253 e. The molecule has 1 fully saturated rings. The fourth-order valence-corrected chi connectivity index (χ4v) is 2.38. The van der Waals surface area contributed by atoms with Crippen LogP contribution in [0.4, 0.5) is 0 Å². The number of nitrogens with zero attached hydrogens (tertiary/aromatic N) is 2. The van der Waals surface area contributed by atoms with Crippen molar-refractivity contribution in [3.63, 3.8) is 0 Å². The molecule has 1 heterocycles. The number of nitrogens with one attached hydrogen (secondary N) is 1. The highest BCUT2D eigenvalue weighted by molar-refractivity contribution is 9.09. The van der Waals surface area contributed by atoms with E-state index in [2.05, 4.69) is 31.4 Å². The molecule has 0 bridgehead atoms. The van der Waals surface area contributed by atoms with E-state index in [0.717, 1.165) is 11.6 Å². The van der Waals surface area contributed by atoms with Crippen LogP contribution >= 0.6 is 15.9 Å². The number of rotatable bonds is 4. The molecule has 1 aliphatic rings. The summed E-state index contributed by atoms with van der Waals surface area (Å²) in [6.07, 6.45) is 2.53. The average Bonchev–Trinajstić information content (AvgIpc) is 3.12. The molecule has 4 nitrogen and oxygen atoms in total. The van der Waals surface area contributed by atoms with E-state index in [9.17, 15) is 4.79 Å². The molecule has 1 aliphatic carbocycles. The van der Waals surface area contributed by atoms with Crippen LogP contribution < -0.4 is 5.32 Å². The van der Waals surface area contributed by atoms with E-state index in [0.29, 0.717) is 22.6 Å². The third-order valence-electron chi connectivity index (χ3n) is 2.94. The molecule has 92 valence electrons. The Morgan fingerprint density at radius 2 is 2.24 bits per heavy atom. The number of hydrogen-bond acceptors (Lipinski definition) is 3. The molecule has 1 aromatic heterocycles. The summed E-state index contributed by atoms with van der Waals surface area (Å²) in [4.78, 5) is 12.4. The van der Waals surface area contributed by atoms with Crippen LogP contribution in [0.5, 0.6) is 0 Å². The van der Waals surface area contributed by atoms with Gasteiger partial charge in [-0.1, -0.05) is 15.9 Å². The highest BCUT2D eigenvalue weighted by Crippen LogP contribution is 2.36. The van der Waals surface area contributed by atoms with E-state index < -0.39 is 0 Å². The third-order valence-corrected chi connectivity index (χ3v) is 4.01. The van der Waals surface area contributed by atoms with Crippen molar-refractivity contribution >= 4 is 21.8 Å². The molecule has 1 saturated carbocycles. The highest BCUT2D eigenvalue weighted by atomic mass is 79.9. The molecule has 1 N–H and O–H groups in total. The predicted octanol–water partition coefficient (Wildman–Crippen LogP) is 2.00. The molecule has 0 saturated heterocycles. The molecule has 17 heavy (non-hydrogen) atoms. The van der Waals surface area contributed by atoms with Crippen LogP contribution in [-0.2, 0) is 0 Å². The topological polar surface area (TPSA) is 54.9 Å². The zero-order chi connectivity index (χ0) is 12.4. The Labute approximate surface area is 109 Å². The number of aryl methyl sites for hydroxylation is 2. The van der Waals surface area contributed by atoms with Crippen LogP contribution in [0.3, 0.4) is 0 Å². The molecule has 0 aliphatic heterocycles. The molecule has 0 spiro atoms. The standard InChI is InChI=1S/C12H16BrN3O/c1-7-5-10(8(2)16-15-7)12(17)14-6-11(13)9-3-4-9/h5,9,11H,3-4,6H2,1-2H3,(H,14,17). The smallest absolute Gasteiger partial charge is 0.253 e. The van der Waals surface area contributed by atoms with Crippen molar-refractivity contribution in [3.05, 3.63) is 23.0 Å². The lowest BCUT2D eigenvalue weighted by molar-refractivity contribution is 0.0952. The summed E-state index contributed by atoms with van der Waals surface area (Å²) in [7, 11) is 0. The highest BCUT2D eigenvalue weighted by Gasteiger charge is 2.29. The zero-order valence-corrected chi connectivity index (χ0v) is 11.6. The Balaban J connectivity index is 1.96. The SMILES string of the molecule is Cc1cc(C(=O)NCC(Br)C2CC2)c(C)nn1. The fraction of sp³-hybridized carbons (Fsp3) is 0.583. The number of carbonyl (C=O) groups excluding carboxylic acids is 1. The number of alkyl halides is 1. The molecular formula is C12H16BrN3O. The monoisotopic (exact) mass is 297 g/mol. The first kappa shape index (κ1) is 12.5. The Morgan fingerprint density at radius 1 is 1.53 bits per heavy atom. The first-order valence-electron chi connectivity index (χ1n) is 5.81. The van der Waals surface area contributed by atoms with Crippen molar-refractivity contribution < 1.29 is 4.79 Å². The van der Waals surface area contributed by atoms with Crippen LogP contribution in [0.15, 0.2) is 6.07 Å². The van der Waals surface area contributed by atoms with Crippen molar-refractivity contribution in [3.8, 4) is 0 Å². The third kappa shape index (κ3) is 3.25. The van der Waals surface area contributed by atoms with Crippen LogP contribution in [0, 0.1) is 19.8 Å². The number of hydrogen-bond donors (Lipinski definition) is 1.